The van der Waals surface area contributed by atoms with Crippen molar-refractivity contribution in [3.8, 4) is 11.5 Å². The summed E-state index contributed by atoms with van der Waals surface area (Å²) >= 11 is 1.43. The number of para-hydroxylation sites is 1. The van der Waals surface area contributed by atoms with Crippen LogP contribution in [-0.4, -0.2) is 24.6 Å². The zero-order valence-corrected chi connectivity index (χ0v) is 17.2. The van der Waals surface area contributed by atoms with E-state index in [0.717, 1.165) is 16.9 Å². The zero-order valence-electron chi connectivity index (χ0n) is 16.4. The predicted molar refractivity (Wildman–Crippen MR) is 118 cm³/mol. The van der Waals surface area contributed by atoms with Crippen molar-refractivity contribution in [2.24, 2.45) is 0 Å². The molecule has 1 amide bonds. The van der Waals surface area contributed by atoms with Crippen LogP contribution in [0.15, 0.2) is 72.6 Å². The molecule has 0 aliphatic heterocycles. The lowest BCUT2D eigenvalue weighted by molar-refractivity contribution is -0.113. The third-order valence-electron chi connectivity index (χ3n) is 4.00. The first-order chi connectivity index (χ1) is 14.1. The summed E-state index contributed by atoms with van der Waals surface area (Å²) < 4.78 is 10.9. The van der Waals surface area contributed by atoms with E-state index in [1.807, 2.05) is 60.8 Å². The second-order valence-corrected chi connectivity index (χ2v) is 6.96. The lowest BCUT2D eigenvalue weighted by Gasteiger charge is -2.18. The molecule has 6 heteroatoms. The summed E-state index contributed by atoms with van der Waals surface area (Å²) in [6, 6.07) is 15.0. The van der Waals surface area contributed by atoms with E-state index in [4.69, 9.17) is 9.47 Å². The van der Waals surface area contributed by atoms with Gasteiger partial charge in [-0.05, 0) is 42.8 Å². The molecule has 3 rings (SSSR count). The quantitative estimate of drug-likeness (QED) is 0.371. The van der Waals surface area contributed by atoms with Crippen LogP contribution in [0, 0.1) is 6.92 Å². The van der Waals surface area contributed by atoms with E-state index in [1.54, 1.807) is 24.2 Å². The van der Waals surface area contributed by atoms with Crippen LogP contribution in [0.3, 0.4) is 0 Å². The molecule has 0 aliphatic carbocycles. The molecule has 0 N–H and O–H groups in total. The number of hydrogen-bond donors (Lipinski definition) is 0. The molecule has 0 spiro atoms. The molecule has 0 fully saturated rings. The number of ether oxygens (including phenoxy) is 2. The number of benzene rings is 2. The average molecular weight is 407 g/mol. The van der Waals surface area contributed by atoms with Gasteiger partial charge in [0.1, 0.15) is 6.61 Å². The van der Waals surface area contributed by atoms with Crippen LogP contribution in [0.4, 0.5) is 10.8 Å². The van der Waals surface area contributed by atoms with E-state index in [9.17, 15) is 4.79 Å². The van der Waals surface area contributed by atoms with Gasteiger partial charge in [0.25, 0.3) is 5.91 Å². The highest BCUT2D eigenvalue weighted by Gasteiger charge is 2.18. The van der Waals surface area contributed by atoms with Crippen molar-refractivity contribution in [1.29, 1.82) is 0 Å². The van der Waals surface area contributed by atoms with Gasteiger partial charge in [0.15, 0.2) is 16.6 Å². The molecule has 148 valence electrons. The number of aryl methyl sites for hydroxylation is 1. The maximum Gasteiger partial charge on any atom is 0.257 e. The van der Waals surface area contributed by atoms with Gasteiger partial charge in [-0.3, -0.25) is 9.69 Å². The van der Waals surface area contributed by atoms with E-state index in [-0.39, 0.29) is 5.91 Å². The van der Waals surface area contributed by atoms with Gasteiger partial charge >= 0.3 is 0 Å². The largest absolute Gasteiger partial charge is 0.493 e. The molecule has 0 unspecified atom stereocenters. The lowest BCUT2D eigenvalue weighted by Crippen LogP contribution is -2.23. The van der Waals surface area contributed by atoms with Crippen LogP contribution < -0.4 is 14.4 Å². The minimum atomic E-state index is -0.184. The molecular weight excluding hydrogens is 384 g/mol. The van der Waals surface area contributed by atoms with Gasteiger partial charge in [0.05, 0.1) is 18.5 Å². The second-order valence-electron chi connectivity index (χ2n) is 6.12. The van der Waals surface area contributed by atoms with Gasteiger partial charge in [0.2, 0.25) is 0 Å². The van der Waals surface area contributed by atoms with Crippen molar-refractivity contribution in [3.63, 3.8) is 0 Å². The van der Waals surface area contributed by atoms with E-state index in [1.165, 1.54) is 17.4 Å². The fourth-order valence-corrected chi connectivity index (χ4v) is 3.48. The molecule has 0 radical (unpaired) electrons. The second kappa shape index (κ2) is 9.71. The predicted octanol–water partition coefficient (Wildman–Crippen LogP) is 5.40. The van der Waals surface area contributed by atoms with Crippen LogP contribution >= 0.6 is 11.3 Å². The summed E-state index contributed by atoms with van der Waals surface area (Å²) in [5.74, 6) is 1.04. The summed E-state index contributed by atoms with van der Waals surface area (Å²) in [7, 11) is 1.58. The van der Waals surface area contributed by atoms with Gasteiger partial charge < -0.3 is 9.47 Å². The van der Waals surface area contributed by atoms with Crippen LogP contribution in [0.2, 0.25) is 0 Å². The third kappa shape index (κ3) is 5.12. The zero-order chi connectivity index (χ0) is 20.6. The Labute approximate surface area is 174 Å². The number of thiazole rings is 1. The maximum absolute atomic E-state index is 13.0. The van der Waals surface area contributed by atoms with E-state index >= 15 is 0 Å². The molecule has 0 saturated heterocycles. The Morgan fingerprint density at radius 1 is 1.21 bits per heavy atom. The average Bonchev–Trinajstić information content (AvgIpc) is 3.17. The Balaban J connectivity index is 1.86. The SMILES string of the molecule is C=CCOc1ccc(/C=C/C(=O)N(c2ccccc2)c2nc(C)cs2)cc1OC. The minimum absolute atomic E-state index is 0.184. The number of methoxy groups -OCH3 is 1. The Kier molecular flexibility index (Phi) is 6.81. The fourth-order valence-electron chi connectivity index (χ4n) is 2.65. The number of anilines is 2. The Hall–Kier alpha value is -3.38. The van der Waals surface area contributed by atoms with E-state index < -0.39 is 0 Å². The topological polar surface area (TPSA) is 51.7 Å². The Morgan fingerprint density at radius 2 is 2.00 bits per heavy atom. The summed E-state index contributed by atoms with van der Waals surface area (Å²) in [4.78, 5) is 19.1. The van der Waals surface area contributed by atoms with Crippen LogP contribution in [-0.2, 0) is 4.79 Å². The van der Waals surface area contributed by atoms with Crippen molar-refractivity contribution in [3.05, 3.63) is 83.9 Å². The molecule has 29 heavy (non-hydrogen) atoms. The van der Waals surface area contributed by atoms with Crippen molar-refractivity contribution in [2.75, 3.05) is 18.6 Å². The number of aromatic nitrogens is 1. The highest BCUT2D eigenvalue weighted by atomic mass is 32.1. The lowest BCUT2D eigenvalue weighted by atomic mass is 10.2. The molecular formula is C23H22N2O3S. The van der Waals surface area contributed by atoms with Gasteiger partial charge in [0, 0.05) is 11.5 Å². The van der Waals surface area contributed by atoms with Crippen LogP contribution in [0.1, 0.15) is 11.3 Å². The summed E-state index contributed by atoms with van der Waals surface area (Å²) in [6.07, 6.45) is 4.95. The van der Waals surface area contributed by atoms with E-state index in [0.29, 0.717) is 23.2 Å². The van der Waals surface area contributed by atoms with Crippen molar-refractivity contribution >= 4 is 34.1 Å². The van der Waals surface area contributed by atoms with Gasteiger partial charge in [-0.1, -0.05) is 36.9 Å². The first-order valence-electron chi connectivity index (χ1n) is 9.03. The number of hydrogen-bond acceptors (Lipinski definition) is 5. The molecule has 2 aromatic carbocycles. The van der Waals surface area contributed by atoms with Crippen molar-refractivity contribution in [2.45, 2.75) is 6.92 Å². The number of amides is 1. The molecule has 5 nitrogen and oxygen atoms in total. The van der Waals surface area contributed by atoms with E-state index in [2.05, 4.69) is 11.6 Å². The van der Waals surface area contributed by atoms with Crippen molar-refractivity contribution in [1.82, 2.24) is 4.98 Å². The Bertz CT molecular complexity index is 1010. The standard InChI is InChI=1S/C23H22N2O3S/c1-4-14-28-20-12-10-18(15-21(20)27-3)11-13-22(26)25(19-8-6-5-7-9-19)23-24-17(2)16-29-23/h4-13,15-16H,1,14H2,2-3H3/b13-11+. The van der Waals surface area contributed by atoms with Gasteiger partial charge in [-0.15, -0.1) is 11.3 Å². The molecule has 0 bridgehead atoms. The smallest absolute Gasteiger partial charge is 0.257 e. The summed E-state index contributed by atoms with van der Waals surface area (Å²) in [5, 5.41) is 2.56. The molecule has 3 aromatic rings. The maximum atomic E-state index is 13.0. The summed E-state index contributed by atoms with van der Waals surface area (Å²) in [6.45, 7) is 5.94. The molecule has 0 saturated carbocycles. The normalized spacial score (nSPS) is 10.7. The number of carbonyl (C=O) groups excluding carboxylic acids is 1. The number of nitrogens with zero attached hydrogens (tertiary/aromatic N) is 2. The van der Waals surface area contributed by atoms with Gasteiger partial charge in [-0.25, -0.2) is 4.98 Å². The number of carbonyl (C=O) groups is 1. The fraction of sp³-hybridized carbons (Fsp3) is 0.130. The first-order valence-corrected chi connectivity index (χ1v) is 9.91. The van der Waals surface area contributed by atoms with Crippen LogP contribution in [0.25, 0.3) is 6.08 Å². The van der Waals surface area contributed by atoms with Crippen molar-refractivity contribution < 1.29 is 14.3 Å². The monoisotopic (exact) mass is 406 g/mol. The molecule has 1 heterocycles. The highest BCUT2D eigenvalue weighted by Crippen LogP contribution is 2.30. The third-order valence-corrected chi connectivity index (χ3v) is 4.94. The molecule has 0 atom stereocenters. The van der Waals surface area contributed by atoms with Gasteiger partial charge in [-0.2, -0.15) is 0 Å². The molecule has 1 aromatic heterocycles. The number of rotatable bonds is 8. The van der Waals surface area contributed by atoms with Crippen LogP contribution in [0.5, 0.6) is 11.5 Å². The first kappa shape index (κ1) is 20.4. The Morgan fingerprint density at radius 3 is 2.66 bits per heavy atom. The molecule has 0 aliphatic rings. The minimum Gasteiger partial charge on any atom is -0.493 e. The summed E-state index contributed by atoms with van der Waals surface area (Å²) in [5.41, 5.74) is 2.47. The highest BCUT2D eigenvalue weighted by molar-refractivity contribution is 7.14.